The van der Waals surface area contributed by atoms with Crippen molar-refractivity contribution in [3.63, 3.8) is 0 Å². The lowest BCUT2D eigenvalue weighted by molar-refractivity contribution is 0.0500. The molecular formula is C16H22N4O2. The summed E-state index contributed by atoms with van der Waals surface area (Å²) >= 11 is 0. The number of aromatic nitrogens is 1. The minimum atomic E-state index is -0.499. The summed E-state index contributed by atoms with van der Waals surface area (Å²) in [5.41, 5.74) is 0.0911. The van der Waals surface area contributed by atoms with Gasteiger partial charge in [0.1, 0.15) is 11.4 Å². The lowest BCUT2D eigenvalue weighted by atomic mass is 10.1. The fourth-order valence-corrected chi connectivity index (χ4v) is 2.44. The average Bonchev–Trinajstić information content (AvgIpc) is 2.45. The van der Waals surface area contributed by atoms with Gasteiger partial charge in [-0.2, -0.15) is 5.26 Å². The maximum absolute atomic E-state index is 11.9. The maximum Gasteiger partial charge on any atom is 0.407 e. The summed E-state index contributed by atoms with van der Waals surface area (Å²) in [7, 11) is 0. The number of carbonyl (C=O) groups is 1. The first-order valence-corrected chi connectivity index (χ1v) is 7.48. The van der Waals surface area contributed by atoms with Gasteiger partial charge in [0.25, 0.3) is 0 Å². The predicted octanol–water partition coefficient (Wildman–Crippen LogP) is 2.45. The number of amides is 1. The van der Waals surface area contributed by atoms with Crippen molar-refractivity contribution >= 4 is 11.9 Å². The van der Waals surface area contributed by atoms with Gasteiger partial charge < -0.3 is 15.0 Å². The van der Waals surface area contributed by atoms with Crippen LogP contribution in [0.4, 0.5) is 10.6 Å². The maximum atomic E-state index is 11.9. The topological polar surface area (TPSA) is 78.2 Å². The highest BCUT2D eigenvalue weighted by Crippen LogP contribution is 2.19. The molecule has 0 unspecified atom stereocenters. The van der Waals surface area contributed by atoms with E-state index in [1.165, 1.54) is 0 Å². The lowest BCUT2D eigenvalue weighted by Crippen LogP contribution is -2.49. The van der Waals surface area contributed by atoms with Crippen LogP contribution in [-0.2, 0) is 4.74 Å². The smallest absolute Gasteiger partial charge is 0.407 e. The van der Waals surface area contributed by atoms with Gasteiger partial charge in [0.05, 0.1) is 11.6 Å². The molecule has 0 bridgehead atoms. The third-order valence-electron chi connectivity index (χ3n) is 3.34. The molecule has 2 rings (SSSR count). The molecule has 0 aromatic carbocycles. The van der Waals surface area contributed by atoms with Crippen molar-refractivity contribution in [2.45, 2.75) is 45.3 Å². The summed E-state index contributed by atoms with van der Waals surface area (Å²) in [5.74, 6) is 0.773. The van der Waals surface area contributed by atoms with Crippen molar-refractivity contribution in [1.82, 2.24) is 10.3 Å². The van der Waals surface area contributed by atoms with Crippen LogP contribution in [0.3, 0.4) is 0 Å². The average molecular weight is 302 g/mol. The Kier molecular flexibility index (Phi) is 4.86. The highest BCUT2D eigenvalue weighted by molar-refractivity contribution is 5.68. The normalized spacial score (nSPS) is 18.5. The summed E-state index contributed by atoms with van der Waals surface area (Å²) < 4.78 is 5.29. The SMILES string of the molecule is CC(C)(C)OC(=O)N[C@@H]1CCCN(c2cc(C#N)ccn2)C1. The summed E-state index contributed by atoms with van der Waals surface area (Å²) in [5, 5.41) is 11.9. The Balaban J connectivity index is 1.97. The van der Waals surface area contributed by atoms with Crippen LogP contribution >= 0.6 is 0 Å². The molecular weight excluding hydrogens is 280 g/mol. The molecule has 1 atom stereocenters. The Labute approximate surface area is 131 Å². The number of carbonyl (C=O) groups excluding carboxylic acids is 1. The molecule has 0 aliphatic carbocycles. The van der Waals surface area contributed by atoms with Crippen LogP contribution in [0.5, 0.6) is 0 Å². The number of hydrogen-bond acceptors (Lipinski definition) is 5. The molecule has 0 radical (unpaired) electrons. The molecule has 1 aliphatic heterocycles. The number of hydrogen-bond donors (Lipinski definition) is 1. The van der Waals surface area contributed by atoms with E-state index in [-0.39, 0.29) is 6.04 Å². The lowest BCUT2D eigenvalue weighted by Gasteiger charge is -2.34. The number of anilines is 1. The molecule has 1 saturated heterocycles. The summed E-state index contributed by atoms with van der Waals surface area (Å²) in [6, 6.07) is 5.60. The molecule has 6 heteroatoms. The van der Waals surface area contributed by atoms with Gasteiger partial charge in [-0.3, -0.25) is 0 Å². The van der Waals surface area contributed by atoms with Crippen molar-refractivity contribution in [1.29, 1.82) is 5.26 Å². The number of alkyl carbamates (subject to hydrolysis) is 1. The van der Waals surface area contributed by atoms with Gasteiger partial charge in [0, 0.05) is 25.3 Å². The molecule has 6 nitrogen and oxygen atoms in total. The minimum absolute atomic E-state index is 0.0242. The molecule has 22 heavy (non-hydrogen) atoms. The predicted molar refractivity (Wildman–Crippen MR) is 83.6 cm³/mol. The Morgan fingerprint density at radius 3 is 3.00 bits per heavy atom. The third kappa shape index (κ3) is 4.62. The highest BCUT2D eigenvalue weighted by Gasteiger charge is 2.24. The Morgan fingerprint density at radius 1 is 1.55 bits per heavy atom. The number of ether oxygens (including phenoxy) is 1. The van der Waals surface area contributed by atoms with Crippen LogP contribution in [0.2, 0.25) is 0 Å². The quantitative estimate of drug-likeness (QED) is 0.908. The van der Waals surface area contributed by atoms with E-state index >= 15 is 0 Å². The third-order valence-corrected chi connectivity index (χ3v) is 3.34. The second kappa shape index (κ2) is 6.65. The Morgan fingerprint density at radius 2 is 2.32 bits per heavy atom. The second-order valence-electron chi connectivity index (χ2n) is 6.45. The van der Waals surface area contributed by atoms with E-state index in [0.717, 1.165) is 25.2 Å². The number of piperidine rings is 1. The summed E-state index contributed by atoms with van der Waals surface area (Å²) in [6.07, 6.45) is 3.11. The largest absolute Gasteiger partial charge is 0.444 e. The standard InChI is InChI=1S/C16H22N4O2/c1-16(2,3)22-15(21)19-13-5-4-8-20(11-13)14-9-12(10-17)6-7-18-14/h6-7,9,13H,4-5,8,11H2,1-3H3,(H,19,21)/t13-/m1/s1. The second-order valence-corrected chi connectivity index (χ2v) is 6.45. The van der Waals surface area contributed by atoms with E-state index in [2.05, 4.69) is 21.3 Å². The van der Waals surface area contributed by atoms with Crippen molar-refractivity contribution in [3.8, 4) is 6.07 Å². The fourth-order valence-electron chi connectivity index (χ4n) is 2.44. The van der Waals surface area contributed by atoms with Gasteiger partial charge in [-0.25, -0.2) is 9.78 Å². The monoisotopic (exact) mass is 302 g/mol. The van der Waals surface area contributed by atoms with Crippen LogP contribution in [0, 0.1) is 11.3 Å². The van der Waals surface area contributed by atoms with E-state index in [0.29, 0.717) is 12.1 Å². The molecule has 1 aliphatic rings. The zero-order valence-electron chi connectivity index (χ0n) is 13.3. The Bertz CT molecular complexity index is 574. The van der Waals surface area contributed by atoms with Crippen molar-refractivity contribution in [2.75, 3.05) is 18.0 Å². The zero-order valence-corrected chi connectivity index (χ0v) is 13.3. The van der Waals surface area contributed by atoms with Crippen LogP contribution in [0.1, 0.15) is 39.2 Å². The van der Waals surface area contributed by atoms with Gasteiger partial charge in [0.2, 0.25) is 0 Å². The van der Waals surface area contributed by atoms with E-state index in [9.17, 15) is 4.79 Å². The number of nitrogens with zero attached hydrogens (tertiary/aromatic N) is 3. The number of rotatable bonds is 2. The van der Waals surface area contributed by atoms with Crippen LogP contribution in [0.15, 0.2) is 18.3 Å². The molecule has 118 valence electrons. The Hall–Kier alpha value is -2.29. The molecule has 0 saturated carbocycles. The number of nitrogens with one attached hydrogen (secondary N) is 1. The molecule has 1 amide bonds. The van der Waals surface area contributed by atoms with Gasteiger partial charge in [-0.1, -0.05) is 0 Å². The van der Waals surface area contributed by atoms with Crippen LogP contribution in [-0.4, -0.2) is 35.8 Å². The number of pyridine rings is 1. The van der Waals surface area contributed by atoms with E-state index in [1.807, 2.05) is 20.8 Å². The van der Waals surface area contributed by atoms with Gasteiger partial charge in [0.15, 0.2) is 0 Å². The van der Waals surface area contributed by atoms with Crippen LogP contribution in [0.25, 0.3) is 0 Å². The highest BCUT2D eigenvalue weighted by atomic mass is 16.6. The molecule has 1 N–H and O–H groups in total. The van der Waals surface area contributed by atoms with Gasteiger partial charge in [-0.05, 0) is 45.7 Å². The fraction of sp³-hybridized carbons (Fsp3) is 0.562. The molecule has 1 aromatic heterocycles. The van der Waals surface area contributed by atoms with Gasteiger partial charge >= 0.3 is 6.09 Å². The molecule has 2 heterocycles. The zero-order chi connectivity index (χ0) is 16.2. The number of nitriles is 1. The van der Waals surface area contributed by atoms with Gasteiger partial charge in [-0.15, -0.1) is 0 Å². The van der Waals surface area contributed by atoms with Crippen LogP contribution < -0.4 is 10.2 Å². The van der Waals surface area contributed by atoms with E-state index < -0.39 is 11.7 Å². The first-order chi connectivity index (χ1) is 10.4. The first kappa shape index (κ1) is 16.1. The summed E-state index contributed by atoms with van der Waals surface area (Å²) in [4.78, 5) is 18.3. The van der Waals surface area contributed by atoms with Crippen molar-refractivity contribution < 1.29 is 9.53 Å². The van der Waals surface area contributed by atoms with Crippen molar-refractivity contribution in [3.05, 3.63) is 23.9 Å². The minimum Gasteiger partial charge on any atom is -0.444 e. The summed E-state index contributed by atoms with van der Waals surface area (Å²) in [6.45, 7) is 7.07. The molecule has 1 fully saturated rings. The van der Waals surface area contributed by atoms with E-state index in [4.69, 9.17) is 10.00 Å². The molecule has 1 aromatic rings. The van der Waals surface area contributed by atoms with Crippen molar-refractivity contribution in [2.24, 2.45) is 0 Å². The molecule has 0 spiro atoms. The first-order valence-electron chi connectivity index (χ1n) is 7.48. The van der Waals surface area contributed by atoms with E-state index in [1.54, 1.807) is 18.3 Å².